The van der Waals surface area contributed by atoms with Crippen molar-refractivity contribution in [1.82, 2.24) is 0 Å². The standard InChI is InChI=1S/C13H18F2.C13H20.C12H16F2.C11H15F.2C11H16.C10H14.CH4/c1-5-11(8(2)3)10-6-12(14)9(4)13(15)7-10;1-5-13(10(2)3)12-8-6-11(4)7-9-12;1-7(2)8(3)10-5-11(13)9(4)12(14)6-10;1-8(2)9(3)10-4-6-11(12)7-5-10;1-9(2)8-11-6-4-10(3)5-7-11;1-9(2)10(3)11-7-5-4-6-8-11;1-9(2)8-10-6-4-3-5-7-10;/h6-8,11H,5H2,1-4H3;6-10,13H,5H2,1-4H3;5-8H,1-4H3;4-9H,1-3H3;4-7,9H,8H2,1-3H3;4-10H,1-3H3;3-7,9H,8H2,1-2H3;1H4. The Morgan fingerprint density at radius 1 is 0.299 bits per heavy atom. The Hall–Kier alpha value is -5.81. The van der Waals surface area contributed by atoms with Crippen LogP contribution >= 0.6 is 0 Å². The maximum absolute atomic E-state index is 13.4. The fraction of sp³-hybridized carbons (Fsp3) is 0.488. The molecule has 7 aromatic rings. The van der Waals surface area contributed by atoms with Crippen LogP contribution in [0.25, 0.3) is 0 Å². The number of hydrogen-bond acceptors (Lipinski definition) is 0. The minimum atomic E-state index is -0.451. The van der Waals surface area contributed by atoms with Gasteiger partial charge in [0.15, 0.2) is 0 Å². The van der Waals surface area contributed by atoms with Gasteiger partial charge in [-0.3, -0.25) is 0 Å². The highest BCUT2D eigenvalue weighted by molar-refractivity contribution is 5.30. The molecule has 0 bridgehead atoms. The summed E-state index contributed by atoms with van der Waals surface area (Å²) in [6.07, 6.45) is 4.53. The molecule has 7 rings (SSSR count). The Morgan fingerprint density at radius 3 is 0.920 bits per heavy atom. The van der Waals surface area contributed by atoms with Crippen LogP contribution in [0.15, 0.2) is 158 Å². The zero-order valence-corrected chi connectivity index (χ0v) is 57.7. The number of aryl methyl sites for hydroxylation is 2. The zero-order chi connectivity index (χ0) is 65.4. The monoisotopic (exact) mass is 1200 g/mol. The number of benzene rings is 7. The lowest BCUT2D eigenvalue weighted by molar-refractivity contribution is 0.475. The lowest BCUT2D eigenvalue weighted by Gasteiger charge is -2.20. The molecule has 482 valence electrons. The highest BCUT2D eigenvalue weighted by Gasteiger charge is 2.18. The van der Waals surface area contributed by atoms with Crippen LogP contribution in [0, 0.1) is 98.2 Å². The van der Waals surface area contributed by atoms with Crippen molar-refractivity contribution in [3.8, 4) is 0 Å². The third-order valence-electron chi connectivity index (χ3n) is 16.5. The van der Waals surface area contributed by atoms with E-state index in [9.17, 15) is 22.0 Å². The molecule has 0 aliphatic heterocycles. The van der Waals surface area contributed by atoms with E-state index in [1.165, 1.54) is 108 Å². The molecular weight excluding hydrogens is 1080 g/mol. The summed E-state index contributed by atoms with van der Waals surface area (Å²) in [5.74, 6) is 4.77. The number of rotatable bonds is 16. The number of halogens is 5. The average Bonchev–Trinajstić information content (AvgIpc) is 3.64. The van der Waals surface area contributed by atoms with E-state index in [0.29, 0.717) is 29.6 Å². The Labute approximate surface area is 530 Å². The minimum Gasteiger partial charge on any atom is -0.207 e. The normalized spacial score (nSPS) is 12.5. The molecule has 5 atom stereocenters. The molecule has 0 spiro atoms. The summed E-state index contributed by atoms with van der Waals surface area (Å²) in [4.78, 5) is 0. The van der Waals surface area contributed by atoms with Crippen LogP contribution in [0.1, 0.15) is 243 Å². The predicted octanol–water partition coefficient (Wildman–Crippen LogP) is 26.3. The van der Waals surface area contributed by atoms with Gasteiger partial charge in [-0.15, -0.1) is 0 Å². The molecule has 0 radical (unpaired) electrons. The van der Waals surface area contributed by atoms with Crippen LogP contribution in [0.5, 0.6) is 0 Å². The van der Waals surface area contributed by atoms with Crippen LogP contribution in [-0.4, -0.2) is 0 Å². The molecule has 7 aromatic carbocycles. The first-order valence-electron chi connectivity index (χ1n) is 32.2. The van der Waals surface area contributed by atoms with E-state index in [2.05, 4.69) is 227 Å². The van der Waals surface area contributed by atoms with Gasteiger partial charge in [0.1, 0.15) is 29.1 Å². The molecule has 0 saturated heterocycles. The van der Waals surface area contributed by atoms with Crippen molar-refractivity contribution < 1.29 is 22.0 Å². The summed E-state index contributed by atoms with van der Waals surface area (Å²) in [7, 11) is 0. The van der Waals surface area contributed by atoms with E-state index in [1.807, 2.05) is 39.8 Å². The van der Waals surface area contributed by atoms with Gasteiger partial charge in [0, 0.05) is 11.1 Å². The Bertz CT molecular complexity index is 2800. The topological polar surface area (TPSA) is 0 Å². The smallest absolute Gasteiger partial charge is 0.129 e. The molecule has 0 N–H and O–H groups in total. The molecule has 87 heavy (non-hydrogen) atoms. The largest absolute Gasteiger partial charge is 0.207 e. The van der Waals surface area contributed by atoms with Gasteiger partial charge in [-0.05, 0) is 200 Å². The molecule has 5 unspecified atom stereocenters. The third-order valence-corrected chi connectivity index (χ3v) is 16.5. The van der Waals surface area contributed by atoms with E-state index in [1.54, 1.807) is 0 Å². The summed E-state index contributed by atoms with van der Waals surface area (Å²) < 4.78 is 65.7. The van der Waals surface area contributed by atoms with E-state index in [4.69, 9.17) is 0 Å². The van der Waals surface area contributed by atoms with Crippen molar-refractivity contribution in [2.24, 2.45) is 41.4 Å². The van der Waals surface area contributed by atoms with Crippen LogP contribution in [-0.2, 0) is 12.8 Å². The molecule has 0 heterocycles. The van der Waals surface area contributed by atoms with Crippen molar-refractivity contribution >= 4 is 0 Å². The van der Waals surface area contributed by atoms with Crippen LogP contribution in [0.4, 0.5) is 22.0 Å². The summed E-state index contributed by atoms with van der Waals surface area (Å²) in [5.41, 5.74) is 11.5. The highest BCUT2D eigenvalue weighted by atomic mass is 19.1. The van der Waals surface area contributed by atoms with Crippen LogP contribution in [0.2, 0.25) is 0 Å². The Balaban J connectivity index is 0.000000993. The van der Waals surface area contributed by atoms with Gasteiger partial charge in [-0.25, -0.2) is 22.0 Å². The van der Waals surface area contributed by atoms with Crippen molar-refractivity contribution in [2.45, 2.75) is 222 Å². The van der Waals surface area contributed by atoms with E-state index < -0.39 is 23.3 Å². The molecule has 0 aliphatic carbocycles. The van der Waals surface area contributed by atoms with Gasteiger partial charge in [-0.2, -0.15) is 0 Å². The van der Waals surface area contributed by atoms with Gasteiger partial charge < -0.3 is 0 Å². The molecule has 0 fully saturated rings. The third kappa shape index (κ3) is 31.8. The highest BCUT2D eigenvalue weighted by Crippen LogP contribution is 2.31. The molecule has 0 aromatic heterocycles. The molecular formula is C82H119F5. The summed E-state index contributed by atoms with van der Waals surface area (Å²) in [5, 5.41) is 0. The van der Waals surface area contributed by atoms with Crippen molar-refractivity contribution in [2.75, 3.05) is 0 Å². The van der Waals surface area contributed by atoms with Crippen molar-refractivity contribution in [3.63, 3.8) is 0 Å². The quantitative estimate of drug-likeness (QED) is 0.0846. The second-order valence-electron chi connectivity index (χ2n) is 26.4. The van der Waals surface area contributed by atoms with E-state index in [-0.39, 0.29) is 36.2 Å². The van der Waals surface area contributed by atoms with Crippen LogP contribution < -0.4 is 0 Å². The van der Waals surface area contributed by atoms with Crippen molar-refractivity contribution in [3.05, 3.63) is 248 Å². The van der Waals surface area contributed by atoms with Crippen LogP contribution in [0.3, 0.4) is 0 Å². The fourth-order valence-electron chi connectivity index (χ4n) is 9.76. The molecule has 5 heteroatoms. The predicted molar refractivity (Wildman–Crippen MR) is 373 cm³/mol. The second-order valence-corrected chi connectivity index (χ2v) is 26.4. The fourth-order valence-corrected chi connectivity index (χ4v) is 9.76. The zero-order valence-electron chi connectivity index (χ0n) is 57.7. The Morgan fingerprint density at radius 2 is 0.586 bits per heavy atom. The SMILES string of the molecule is C.CC(C)C(C)c1ccc(F)cc1.CC(C)C(C)c1ccccc1.CC(C)Cc1ccccc1.CCC(c1cc(F)c(C)c(F)c1)C(C)C.CCC(c1ccc(C)cc1)C(C)C.Cc1c(F)cc(C(C)C(C)C)cc1F.Cc1ccc(CC(C)C)cc1. The van der Waals surface area contributed by atoms with Crippen molar-refractivity contribution in [1.29, 1.82) is 0 Å². The second kappa shape index (κ2) is 43.0. The van der Waals surface area contributed by atoms with E-state index >= 15 is 0 Å². The number of hydrogen-bond donors (Lipinski definition) is 0. The van der Waals surface area contributed by atoms with Gasteiger partial charge in [0.05, 0.1) is 0 Å². The lowest BCUT2D eigenvalue weighted by atomic mass is 9.86. The maximum atomic E-state index is 13.4. The molecule has 0 nitrogen and oxygen atoms in total. The summed E-state index contributed by atoms with van der Waals surface area (Å²) >= 11 is 0. The average molecular weight is 1200 g/mol. The Kier molecular flexibility index (Phi) is 40.1. The molecule has 0 saturated carbocycles. The van der Waals surface area contributed by atoms with E-state index in [0.717, 1.165) is 47.1 Å². The first kappa shape index (κ1) is 81.2. The first-order valence-corrected chi connectivity index (χ1v) is 32.2. The minimum absolute atomic E-state index is 0. The molecule has 0 aliphatic rings. The van der Waals surface area contributed by atoms with Gasteiger partial charge in [-0.1, -0.05) is 271 Å². The maximum Gasteiger partial charge on any atom is 0.129 e. The van der Waals surface area contributed by atoms with Gasteiger partial charge in [0.25, 0.3) is 0 Å². The lowest BCUT2D eigenvalue weighted by Crippen LogP contribution is -2.07. The molecule has 0 amide bonds. The summed E-state index contributed by atoms with van der Waals surface area (Å²) in [6.45, 7) is 48.6. The van der Waals surface area contributed by atoms with Gasteiger partial charge >= 0.3 is 0 Å². The first-order chi connectivity index (χ1) is 40.3. The van der Waals surface area contributed by atoms with Gasteiger partial charge in [0.2, 0.25) is 0 Å². The summed E-state index contributed by atoms with van der Waals surface area (Å²) in [6, 6.07) is 51.6.